The van der Waals surface area contributed by atoms with Crippen LogP contribution in [0.1, 0.15) is 16.7 Å². The molecule has 1 aromatic heterocycles. The molecule has 0 radical (unpaired) electrons. The Balaban J connectivity index is 1.88. The molecule has 0 bridgehead atoms. The molecule has 0 saturated carbocycles. The lowest BCUT2D eigenvalue weighted by Crippen LogP contribution is -2.29. The van der Waals surface area contributed by atoms with Crippen molar-refractivity contribution in [3.05, 3.63) is 74.5 Å². The molecule has 0 saturated heterocycles. The van der Waals surface area contributed by atoms with Crippen molar-refractivity contribution in [1.29, 1.82) is 0 Å². The lowest BCUT2D eigenvalue weighted by Gasteiger charge is -2.13. The number of ether oxygens (including phenoxy) is 1. The second-order valence-corrected chi connectivity index (χ2v) is 7.30. The molecule has 1 amide bonds. The first-order valence-electron chi connectivity index (χ1n) is 9.08. The Hall–Kier alpha value is -3.12. The van der Waals surface area contributed by atoms with Crippen molar-refractivity contribution in [2.45, 2.75) is 27.3 Å². The van der Waals surface area contributed by atoms with Crippen LogP contribution in [0.3, 0.4) is 0 Å². The SMILES string of the molecule is COc1ccc(Cl)cc1NC(=O)Cn1nc(-c2cc(C)c(C)cc2C)ccc1=O. The summed E-state index contributed by atoms with van der Waals surface area (Å²) >= 11 is 6.00. The predicted molar refractivity (Wildman–Crippen MR) is 115 cm³/mol. The molecule has 150 valence electrons. The maximum absolute atomic E-state index is 12.5. The lowest BCUT2D eigenvalue weighted by molar-refractivity contribution is -0.117. The first kappa shape index (κ1) is 20.6. The zero-order valence-corrected chi connectivity index (χ0v) is 17.5. The Morgan fingerprint density at radius 2 is 1.79 bits per heavy atom. The quantitative estimate of drug-likeness (QED) is 0.684. The number of anilines is 1. The van der Waals surface area contributed by atoms with E-state index in [0.29, 0.717) is 22.2 Å². The zero-order chi connectivity index (χ0) is 21.1. The van der Waals surface area contributed by atoms with Crippen LogP contribution in [-0.4, -0.2) is 22.8 Å². The summed E-state index contributed by atoms with van der Waals surface area (Å²) in [4.78, 5) is 24.8. The van der Waals surface area contributed by atoms with Gasteiger partial charge in [-0.05, 0) is 67.8 Å². The molecular formula is C22H22ClN3O3. The Bertz CT molecular complexity index is 1140. The highest BCUT2D eigenvalue weighted by atomic mass is 35.5. The number of nitrogens with one attached hydrogen (secondary N) is 1. The molecule has 0 unspecified atom stereocenters. The van der Waals surface area contributed by atoms with Gasteiger partial charge in [-0.3, -0.25) is 9.59 Å². The van der Waals surface area contributed by atoms with Crippen LogP contribution in [0.5, 0.6) is 5.75 Å². The molecule has 3 rings (SSSR count). The Labute approximate surface area is 174 Å². The Morgan fingerprint density at radius 3 is 2.52 bits per heavy atom. The van der Waals surface area contributed by atoms with Gasteiger partial charge in [0.1, 0.15) is 12.3 Å². The van der Waals surface area contributed by atoms with Gasteiger partial charge < -0.3 is 10.1 Å². The molecule has 0 spiro atoms. The van der Waals surface area contributed by atoms with Crippen LogP contribution in [-0.2, 0) is 11.3 Å². The van der Waals surface area contributed by atoms with Crippen molar-refractivity contribution in [2.24, 2.45) is 0 Å². The molecule has 7 heteroatoms. The monoisotopic (exact) mass is 411 g/mol. The predicted octanol–water partition coefficient (Wildman–Crippen LogP) is 4.14. The maximum Gasteiger partial charge on any atom is 0.267 e. The third kappa shape index (κ3) is 4.66. The van der Waals surface area contributed by atoms with Crippen molar-refractivity contribution in [3.63, 3.8) is 0 Å². The standard InChI is InChI=1S/C22H22ClN3O3/c1-13-9-15(3)17(10-14(13)2)18-6-8-22(28)26(25-18)12-21(27)24-19-11-16(23)5-7-20(19)29-4/h5-11H,12H2,1-4H3,(H,24,27). The molecule has 0 aliphatic rings. The largest absolute Gasteiger partial charge is 0.495 e. The molecule has 3 aromatic rings. The number of carbonyl (C=O) groups is 1. The van der Waals surface area contributed by atoms with Crippen molar-refractivity contribution in [3.8, 4) is 17.0 Å². The van der Waals surface area contributed by atoms with Gasteiger partial charge in [0, 0.05) is 16.7 Å². The van der Waals surface area contributed by atoms with Gasteiger partial charge >= 0.3 is 0 Å². The molecule has 0 aliphatic carbocycles. The fourth-order valence-electron chi connectivity index (χ4n) is 3.05. The highest BCUT2D eigenvalue weighted by molar-refractivity contribution is 6.31. The third-order valence-electron chi connectivity index (χ3n) is 4.71. The number of amides is 1. The van der Waals surface area contributed by atoms with E-state index in [-0.39, 0.29) is 12.1 Å². The van der Waals surface area contributed by atoms with Crippen LogP contribution in [0, 0.1) is 20.8 Å². The van der Waals surface area contributed by atoms with Crippen molar-refractivity contribution in [2.75, 3.05) is 12.4 Å². The number of rotatable bonds is 5. The number of hydrogen-bond acceptors (Lipinski definition) is 4. The minimum Gasteiger partial charge on any atom is -0.495 e. The van der Waals surface area contributed by atoms with E-state index in [2.05, 4.69) is 23.4 Å². The van der Waals surface area contributed by atoms with E-state index in [0.717, 1.165) is 21.4 Å². The first-order chi connectivity index (χ1) is 13.8. The lowest BCUT2D eigenvalue weighted by atomic mass is 9.99. The average molecular weight is 412 g/mol. The fraction of sp³-hybridized carbons (Fsp3) is 0.227. The minimum atomic E-state index is -0.408. The molecular weight excluding hydrogens is 390 g/mol. The van der Waals surface area contributed by atoms with Gasteiger partial charge in [0.2, 0.25) is 5.91 Å². The average Bonchev–Trinajstić information content (AvgIpc) is 2.67. The number of halogens is 1. The summed E-state index contributed by atoms with van der Waals surface area (Å²) in [7, 11) is 1.50. The summed E-state index contributed by atoms with van der Waals surface area (Å²) in [5.74, 6) is 0.0664. The van der Waals surface area contributed by atoms with E-state index in [4.69, 9.17) is 16.3 Å². The summed E-state index contributed by atoms with van der Waals surface area (Å²) in [5, 5.41) is 7.58. The van der Waals surface area contributed by atoms with E-state index in [9.17, 15) is 9.59 Å². The molecule has 2 aromatic carbocycles. The topological polar surface area (TPSA) is 73.2 Å². The number of nitrogens with zero attached hydrogens (tertiary/aromatic N) is 2. The van der Waals surface area contributed by atoms with Crippen LogP contribution in [0.4, 0.5) is 5.69 Å². The van der Waals surface area contributed by atoms with Gasteiger partial charge in [-0.15, -0.1) is 0 Å². The van der Waals surface area contributed by atoms with Crippen molar-refractivity contribution < 1.29 is 9.53 Å². The van der Waals surface area contributed by atoms with Gasteiger partial charge in [0.15, 0.2) is 0 Å². The van der Waals surface area contributed by atoms with Crippen LogP contribution in [0.25, 0.3) is 11.3 Å². The number of aromatic nitrogens is 2. The van der Waals surface area contributed by atoms with Crippen LogP contribution in [0.15, 0.2) is 47.3 Å². The van der Waals surface area contributed by atoms with Gasteiger partial charge in [-0.25, -0.2) is 4.68 Å². The molecule has 29 heavy (non-hydrogen) atoms. The van der Waals surface area contributed by atoms with E-state index in [1.807, 2.05) is 19.9 Å². The third-order valence-corrected chi connectivity index (χ3v) is 4.95. The molecule has 1 heterocycles. The summed E-state index contributed by atoms with van der Waals surface area (Å²) in [6.45, 7) is 5.85. The number of carbonyl (C=O) groups excluding carboxylic acids is 1. The van der Waals surface area contributed by atoms with Gasteiger partial charge in [0.25, 0.3) is 5.56 Å². The minimum absolute atomic E-state index is 0.230. The molecule has 0 aliphatic heterocycles. The van der Waals surface area contributed by atoms with E-state index >= 15 is 0 Å². The van der Waals surface area contributed by atoms with E-state index in [1.165, 1.54) is 18.7 Å². The summed E-state index contributed by atoms with van der Waals surface area (Å²) in [5.41, 5.74) is 5.02. The first-order valence-corrected chi connectivity index (χ1v) is 9.46. The summed E-state index contributed by atoms with van der Waals surface area (Å²) < 4.78 is 6.38. The smallest absolute Gasteiger partial charge is 0.267 e. The van der Waals surface area contributed by atoms with Crippen LogP contribution >= 0.6 is 11.6 Å². The zero-order valence-electron chi connectivity index (χ0n) is 16.7. The van der Waals surface area contributed by atoms with Crippen molar-refractivity contribution in [1.82, 2.24) is 9.78 Å². The molecule has 1 N–H and O–H groups in total. The number of methoxy groups -OCH3 is 1. The maximum atomic E-state index is 12.5. The van der Waals surface area contributed by atoms with Gasteiger partial charge in [-0.1, -0.05) is 17.7 Å². The van der Waals surface area contributed by atoms with Crippen LogP contribution < -0.4 is 15.6 Å². The van der Waals surface area contributed by atoms with Gasteiger partial charge in [-0.2, -0.15) is 5.10 Å². The highest BCUT2D eigenvalue weighted by Gasteiger charge is 2.13. The Kier molecular flexibility index (Phi) is 6.03. The number of aryl methyl sites for hydroxylation is 3. The number of benzene rings is 2. The summed E-state index contributed by atoms with van der Waals surface area (Å²) in [6.07, 6.45) is 0. The van der Waals surface area contributed by atoms with Crippen molar-refractivity contribution >= 4 is 23.2 Å². The summed E-state index contributed by atoms with van der Waals surface area (Å²) in [6, 6.07) is 12.1. The molecule has 0 fully saturated rings. The fourth-order valence-corrected chi connectivity index (χ4v) is 3.22. The van der Waals surface area contributed by atoms with E-state index in [1.54, 1.807) is 24.3 Å². The second kappa shape index (κ2) is 8.49. The number of hydrogen-bond donors (Lipinski definition) is 1. The second-order valence-electron chi connectivity index (χ2n) is 6.86. The Morgan fingerprint density at radius 1 is 1.07 bits per heavy atom. The highest BCUT2D eigenvalue weighted by Crippen LogP contribution is 2.28. The normalized spacial score (nSPS) is 10.7. The van der Waals surface area contributed by atoms with E-state index < -0.39 is 5.91 Å². The van der Waals surface area contributed by atoms with Gasteiger partial charge in [0.05, 0.1) is 18.5 Å². The van der Waals surface area contributed by atoms with Crippen LogP contribution in [0.2, 0.25) is 5.02 Å². The molecule has 6 nitrogen and oxygen atoms in total. The molecule has 0 atom stereocenters.